The van der Waals surface area contributed by atoms with Crippen LogP contribution in [0, 0.1) is 0 Å². The van der Waals surface area contributed by atoms with Crippen LogP contribution < -0.4 is 0 Å². The molecule has 0 aliphatic carbocycles. The van der Waals surface area contributed by atoms with E-state index in [-0.39, 0.29) is 11.4 Å². The van der Waals surface area contributed by atoms with E-state index in [9.17, 15) is 9.90 Å². The number of rotatable bonds is 2. The highest BCUT2D eigenvalue weighted by molar-refractivity contribution is 6.32. The highest BCUT2D eigenvalue weighted by Gasteiger charge is 2.12. The van der Waals surface area contributed by atoms with Gasteiger partial charge in [-0.25, -0.2) is 4.68 Å². The lowest BCUT2D eigenvalue weighted by Gasteiger charge is -2.04. The van der Waals surface area contributed by atoms with Crippen molar-refractivity contribution in [3.05, 3.63) is 41.2 Å². The van der Waals surface area contributed by atoms with Crippen LogP contribution in [0.4, 0.5) is 0 Å². The van der Waals surface area contributed by atoms with Gasteiger partial charge >= 0.3 is 0 Å². The van der Waals surface area contributed by atoms with Crippen LogP contribution in [0.2, 0.25) is 5.02 Å². The number of carbonyl (C=O) groups excluding carboxylic acids is 1. The van der Waals surface area contributed by atoms with Crippen molar-refractivity contribution in [3.63, 3.8) is 0 Å². The Hall–Kier alpha value is -1.81. The van der Waals surface area contributed by atoms with E-state index in [1.807, 2.05) is 0 Å². The van der Waals surface area contributed by atoms with Gasteiger partial charge in [0.2, 0.25) is 0 Å². The first kappa shape index (κ1) is 9.73. The van der Waals surface area contributed by atoms with Crippen molar-refractivity contribution in [3.8, 4) is 11.4 Å². The maximum Gasteiger partial charge on any atom is 0.172 e. The molecule has 5 heteroatoms. The maximum atomic E-state index is 10.7. The van der Waals surface area contributed by atoms with E-state index in [0.29, 0.717) is 17.0 Å². The highest BCUT2D eigenvalue weighted by Crippen LogP contribution is 2.23. The molecule has 0 bridgehead atoms. The number of aldehydes is 1. The summed E-state index contributed by atoms with van der Waals surface area (Å²) in [4.78, 5) is 10.7. The average molecular weight is 223 g/mol. The molecule has 0 saturated heterocycles. The van der Waals surface area contributed by atoms with Crippen LogP contribution >= 0.6 is 11.6 Å². The molecule has 0 unspecified atom stereocenters. The molecule has 0 spiro atoms. The van der Waals surface area contributed by atoms with E-state index in [0.717, 1.165) is 0 Å². The first-order chi connectivity index (χ1) is 7.24. The minimum atomic E-state index is -0.162. The average Bonchev–Trinajstić information content (AvgIpc) is 2.60. The zero-order valence-corrected chi connectivity index (χ0v) is 8.35. The van der Waals surface area contributed by atoms with Gasteiger partial charge in [0, 0.05) is 0 Å². The third kappa shape index (κ3) is 1.59. The van der Waals surface area contributed by atoms with Crippen molar-refractivity contribution in [1.82, 2.24) is 9.78 Å². The second kappa shape index (κ2) is 3.74. The summed E-state index contributed by atoms with van der Waals surface area (Å²) in [5.41, 5.74) is 0.643. The normalized spacial score (nSPS) is 10.2. The van der Waals surface area contributed by atoms with Crippen LogP contribution in [0.15, 0.2) is 30.5 Å². The fourth-order valence-electron chi connectivity index (χ4n) is 1.28. The summed E-state index contributed by atoms with van der Waals surface area (Å²) in [5.74, 6) is -0.162. The third-order valence-corrected chi connectivity index (χ3v) is 2.30. The van der Waals surface area contributed by atoms with Gasteiger partial charge in [0.15, 0.2) is 12.0 Å². The van der Waals surface area contributed by atoms with E-state index < -0.39 is 0 Å². The number of hydrogen-bond acceptors (Lipinski definition) is 3. The molecule has 0 fully saturated rings. The van der Waals surface area contributed by atoms with Crippen molar-refractivity contribution in [2.45, 2.75) is 0 Å². The summed E-state index contributed by atoms with van der Waals surface area (Å²) < 4.78 is 1.30. The number of aromatic hydroxyl groups is 1. The number of para-hydroxylation sites is 1. The summed E-state index contributed by atoms with van der Waals surface area (Å²) in [6, 6.07) is 6.94. The van der Waals surface area contributed by atoms with Crippen molar-refractivity contribution in [1.29, 1.82) is 0 Å². The minimum absolute atomic E-state index is 0.0862. The molecule has 0 aliphatic rings. The standard InChI is InChI=1S/C10H7ClN2O2/c11-7-3-1-2-4-8(7)13-9(6-14)10(15)5-12-13/h1-6,15H. The SMILES string of the molecule is O=Cc1c(O)cnn1-c1ccccc1Cl. The molecule has 0 saturated carbocycles. The molecule has 0 aliphatic heterocycles. The van der Waals surface area contributed by atoms with Crippen LogP contribution in [0.25, 0.3) is 5.69 Å². The summed E-state index contributed by atoms with van der Waals surface area (Å²) >= 11 is 5.94. The molecular weight excluding hydrogens is 216 g/mol. The monoisotopic (exact) mass is 222 g/mol. The summed E-state index contributed by atoms with van der Waals surface area (Å²) in [7, 11) is 0. The highest BCUT2D eigenvalue weighted by atomic mass is 35.5. The number of carbonyl (C=O) groups is 1. The summed E-state index contributed by atoms with van der Waals surface area (Å²) in [5, 5.41) is 13.7. The Bertz CT molecular complexity index is 508. The predicted molar refractivity (Wildman–Crippen MR) is 55.6 cm³/mol. The van der Waals surface area contributed by atoms with Crippen molar-refractivity contribution >= 4 is 17.9 Å². The van der Waals surface area contributed by atoms with Gasteiger partial charge in [0.25, 0.3) is 0 Å². The molecule has 76 valence electrons. The number of aromatic nitrogens is 2. The summed E-state index contributed by atoms with van der Waals surface area (Å²) in [6.07, 6.45) is 1.73. The Morgan fingerprint density at radius 1 is 1.40 bits per heavy atom. The third-order valence-electron chi connectivity index (χ3n) is 1.98. The van der Waals surface area contributed by atoms with Gasteiger partial charge in [-0.15, -0.1) is 0 Å². The first-order valence-electron chi connectivity index (χ1n) is 4.21. The van der Waals surface area contributed by atoms with Gasteiger partial charge in [-0.1, -0.05) is 23.7 Å². The Labute approximate surface area is 90.7 Å². The molecule has 1 aromatic heterocycles. The topological polar surface area (TPSA) is 55.1 Å². The smallest absolute Gasteiger partial charge is 0.172 e. The second-order valence-corrected chi connectivity index (χ2v) is 3.30. The second-order valence-electron chi connectivity index (χ2n) is 2.90. The molecule has 0 radical (unpaired) electrons. The lowest BCUT2D eigenvalue weighted by molar-refractivity contribution is 0.111. The lowest BCUT2D eigenvalue weighted by atomic mass is 10.3. The van der Waals surface area contributed by atoms with Gasteiger partial charge in [0.05, 0.1) is 16.9 Å². The zero-order valence-electron chi connectivity index (χ0n) is 7.59. The van der Waals surface area contributed by atoms with Crippen LogP contribution in [0.1, 0.15) is 10.5 Å². The van der Waals surface area contributed by atoms with Crippen molar-refractivity contribution in [2.24, 2.45) is 0 Å². The van der Waals surface area contributed by atoms with E-state index >= 15 is 0 Å². The van der Waals surface area contributed by atoms with E-state index in [2.05, 4.69) is 5.10 Å². The van der Waals surface area contributed by atoms with Crippen LogP contribution in [0.5, 0.6) is 5.75 Å². The van der Waals surface area contributed by atoms with Crippen LogP contribution in [-0.4, -0.2) is 21.2 Å². The number of nitrogens with zero attached hydrogens (tertiary/aromatic N) is 2. The fourth-order valence-corrected chi connectivity index (χ4v) is 1.49. The molecule has 1 N–H and O–H groups in total. The minimum Gasteiger partial charge on any atom is -0.504 e. The quantitative estimate of drug-likeness (QED) is 0.792. The van der Waals surface area contributed by atoms with Crippen molar-refractivity contribution < 1.29 is 9.90 Å². The molecule has 0 atom stereocenters. The molecule has 1 aromatic carbocycles. The maximum absolute atomic E-state index is 10.7. The largest absolute Gasteiger partial charge is 0.504 e. The molecule has 2 rings (SSSR count). The summed E-state index contributed by atoms with van der Waals surface area (Å²) in [6.45, 7) is 0. The van der Waals surface area contributed by atoms with Gasteiger partial charge in [-0.05, 0) is 12.1 Å². The van der Waals surface area contributed by atoms with Gasteiger partial charge < -0.3 is 5.11 Å². The fraction of sp³-hybridized carbons (Fsp3) is 0. The lowest BCUT2D eigenvalue weighted by Crippen LogP contribution is -2.01. The molecule has 2 aromatic rings. The Morgan fingerprint density at radius 2 is 2.13 bits per heavy atom. The zero-order chi connectivity index (χ0) is 10.8. The van der Waals surface area contributed by atoms with Gasteiger partial charge in [-0.3, -0.25) is 4.79 Å². The Balaban J connectivity index is 2.64. The number of halogens is 1. The first-order valence-corrected chi connectivity index (χ1v) is 4.59. The predicted octanol–water partition coefficient (Wildman–Crippen LogP) is 2.04. The Morgan fingerprint density at radius 3 is 2.80 bits per heavy atom. The van der Waals surface area contributed by atoms with Gasteiger partial charge in [-0.2, -0.15) is 5.10 Å². The van der Waals surface area contributed by atoms with E-state index in [1.165, 1.54) is 10.9 Å². The van der Waals surface area contributed by atoms with Crippen LogP contribution in [-0.2, 0) is 0 Å². The molecule has 15 heavy (non-hydrogen) atoms. The Kier molecular flexibility index (Phi) is 2.43. The molecule has 0 amide bonds. The molecular formula is C10H7ClN2O2. The molecule has 4 nitrogen and oxygen atoms in total. The molecule has 1 heterocycles. The van der Waals surface area contributed by atoms with E-state index in [4.69, 9.17) is 11.6 Å². The van der Waals surface area contributed by atoms with E-state index in [1.54, 1.807) is 24.3 Å². The van der Waals surface area contributed by atoms with Crippen molar-refractivity contribution in [2.75, 3.05) is 0 Å². The number of hydrogen-bond donors (Lipinski definition) is 1. The van der Waals surface area contributed by atoms with Crippen LogP contribution in [0.3, 0.4) is 0 Å². The number of benzene rings is 1. The van der Waals surface area contributed by atoms with Gasteiger partial charge in [0.1, 0.15) is 5.69 Å².